The van der Waals surface area contributed by atoms with Crippen molar-refractivity contribution in [3.05, 3.63) is 30.1 Å². The molecule has 0 saturated carbocycles. The molecule has 8 heteroatoms. The lowest BCUT2D eigenvalue weighted by Crippen LogP contribution is -2.51. The summed E-state index contributed by atoms with van der Waals surface area (Å²) in [5.41, 5.74) is 5.68. The van der Waals surface area contributed by atoms with Crippen molar-refractivity contribution < 1.29 is 17.5 Å². The lowest BCUT2D eigenvalue weighted by Gasteiger charge is -2.37. The highest BCUT2D eigenvalue weighted by Gasteiger charge is 2.36. The molecule has 0 aliphatic carbocycles. The Morgan fingerprint density at radius 2 is 2.19 bits per heavy atom. The monoisotopic (exact) mass is 338 g/mol. The highest BCUT2D eigenvalue weighted by atomic mass is 35.5. The molecule has 0 spiro atoms. The van der Waals surface area contributed by atoms with Gasteiger partial charge in [0.15, 0.2) is 0 Å². The van der Waals surface area contributed by atoms with E-state index in [0.29, 0.717) is 19.4 Å². The van der Waals surface area contributed by atoms with E-state index in [1.807, 2.05) is 0 Å². The summed E-state index contributed by atoms with van der Waals surface area (Å²) in [6.45, 7) is 0.549. The zero-order valence-corrected chi connectivity index (χ0v) is 13.4. The first-order chi connectivity index (χ1) is 9.48. The zero-order valence-electron chi connectivity index (χ0n) is 11.7. The number of methoxy groups -OCH3 is 1. The van der Waals surface area contributed by atoms with Crippen molar-refractivity contribution in [1.82, 2.24) is 4.31 Å². The standard InChI is InChI=1S/C13H19FN2O3S.ClH/c1-19-12-5-6-16(11(8-12)9-15)20(17,18)13-4-2-3-10(14)7-13;/h2-4,7,11-12H,5-6,8-9,15H2,1H3;1H. The molecule has 1 saturated heterocycles. The van der Waals surface area contributed by atoms with E-state index in [4.69, 9.17) is 10.5 Å². The first-order valence-corrected chi connectivity index (χ1v) is 7.93. The van der Waals surface area contributed by atoms with E-state index in [-0.39, 0.29) is 36.0 Å². The van der Waals surface area contributed by atoms with Crippen LogP contribution in [0.25, 0.3) is 0 Å². The van der Waals surface area contributed by atoms with Crippen LogP contribution in [0.4, 0.5) is 4.39 Å². The van der Waals surface area contributed by atoms with Gasteiger partial charge in [0.05, 0.1) is 11.0 Å². The van der Waals surface area contributed by atoms with Crippen LogP contribution in [0.15, 0.2) is 29.2 Å². The molecule has 2 atom stereocenters. The highest BCUT2D eigenvalue weighted by molar-refractivity contribution is 7.89. The summed E-state index contributed by atoms with van der Waals surface area (Å²) in [6.07, 6.45) is 1.19. The highest BCUT2D eigenvalue weighted by Crippen LogP contribution is 2.26. The van der Waals surface area contributed by atoms with Gasteiger partial charge in [-0.2, -0.15) is 4.31 Å². The maximum atomic E-state index is 13.2. The predicted octanol–water partition coefficient (Wildman–Crippen LogP) is 1.37. The lowest BCUT2D eigenvalue weighted by molar-refractivity contribution is 0.0401. The van der Waals surface area contributed by atoms with Gasteiger partial charge in [0.25, 0.3) is 0 Å². The van der Waals surface area contributed by atoms with Crippen LogP contribution >= 0.6 is 12.4 Å². The quantitative estimate of drug-likeness (QED) is 0.900. The SMILES string of the molecule is COC1CCN(S(=O)(=O)c2cccc(F)c2)C(CN)C1.Cl. The number of hydrogen-bond donors (Lipinski definition) is 1. The number of hydrogen-bond acceptors (Lipinski definition) is 4. The van der Waals surface area contributed by atoms with E-state index in [2.05, 4.69) is 0 Å². The van der Waals surface area contributed by atoms with Crippen LogP contribution in [0.3, 0.4) is 0 Å². The van der Waals surface area contributed by atoms with Crippen molar-refractivity contribution >= 4 is 22.4 Å². The fourth-order valence-electron chi connectivity index (χ4n) is 2.50. The minimum Gasteiger partial charge on any atom is -0.381 e. The molecule has 1 aliphatic heterocycles. The Morgan fingerprint density at radius 1 is 1.48 bits per heavy atom. The summed E-state index contributed by atoms with van der Waals surface area (Å²) in [7, 11) is -2.11. The third-order valence-corrected chi connectivity index (χ3v) is 5.57. The topological polar surface area (TPSA) is 72.6 Å². The molecule has 2 rings (SSSR count). The molecule has 1 aliphatic rings. The number of halogens is 2. The molecule has 1 heterocycles. The molecular formula is C13H20ClFN2O3S. The van der Waals surface area contributed by atoms with Crippen LogP contribution in [-0.4, -0.2) is 45.1 Å². The van der Waals surface area contributed by atoms with Gasteiger partial charge in [0.2, 0.25) is 10.0 Å². The summed E-state index contributed by atoms with van der Waals surface area (Å²) >= 11 is 0. The van der Waals surface area contributed by atoms with E-state index in [1.54, 1.807) is 7.11 Å². The van der Waals surface area contributed by atoms with Crippen molar-refractivity contribution in [2.24, 2.45) is 5.73 Å². The largest absolute Gasteiger partial charge is 0.381 e. The maximum Gasteiger partial charge on any atom is 0.243 e. The van der Waals surface area contributed by atoms with Crippen molar-refractivity contribution in [3.63, 3.8) is 0 Å². The molecule has 2 unspecified atom stereocenters. The Morgan fingerprint density at radius 3 is 2.76 bits per heavy atom. The number of nitrogens with zero attached hydrogens (tertiary/aromatic N) is 1. The fraction of sp³-hybridized carbons (Fsp3) is 0.538. The van der Waals surface area contributed by atoms with E-state index in [0.717, 1.165) is 6.07 Å². The second-order valence-corrected chi connectivity index (χ2v) is 6.74. The van der Waals surface area contributed by atoms with E-state index in [1.165, 1.54) is 22.5 Å². The normalized spacial score (nSPS) is 23.6. The van der Waals surface area contributed by atoms with Gasteiger partial charge in [-0.1, -0.05) is 6.07 Å². The van der Waals surface area contributed by atoms with Gasteiger partial charge >= 0.3 is 0 Å². The van der Waals surface area contributed by atoms with Gasteiger partial charge in [-0.05, 0) is 31.0 Å². The first kappa shape index (κ1) is 18.3. The van der Waals surface area contributed by atoms with Gasteiger partial charge in [0, 0.05) is 26.2 Å². The number of nitrogens with two attached hydrogens (primary N) is 1. The number of sulfonamides is 1. The van der Waals surface area contributed by atoms with Crippen LogP contribution in [0.2, 0.25) is 0 Å². The molecule has 2 N–H and O–H groups in total. The van der Waals surface area contributed by atoms with Crippen LogP contribution < -0.4 is 5.73 Å². The average Bonchev–Trinajstić information content (AvgIpc) is 2.46. The van der Waals surface area contributed by atoms with Crippen LogP contribution in [0, 0.1) is 5.82 Å². The molecule has 21 heavy (non-hydrogen) atoms. The molecule has 0 bridgehead atoms. The number of piperidine rings is 1. The van der Waals surface area contributed by atoms with Crippen molar-refractivity contribution in [3.8, 4) is 0 Å². The minimum atomic E-state index is -3.72. The molecule has 1 aromatic carbocycles. The van der Waals surface area contributed by atoms with Gasteiger partial charge in [-0.3, -0.25) is 0 Å². The summed E-state index contributed by atoms with van der Waals surface area (Å²) < 4.78 is 45.0. The average molecular weight is 339 g/mol. The number of ether oxygens (including phenoxy) is 1. The van der Waals surface area contributed by atoms with Crippen molar-refractivity contribution in [2.75, 3.05) is 20.2 Å². The Bertz CT molecular complexity index is 570. The molecule has 120 valence electrons. The molecule has 0 radical (unpaired) electrons. The summed E-state index contributed by atoms with van der Waals surface area (Å²) in [4.78, 5) is -0.0354. The molecule has 0 aromatic heterocycles. The molecule has 5 nitrogen and oxygen atoms in total. The van der Waals surface area contributed by atoms with Gasteiger partial charge in [-0.15, -0.1) is 12.4 Å². The lowest BCUT2D eigenvalue weighted by atomic mass is 10.0. The Kier molecular flexibility index (Phi) is 6.55. The molecule has 1 aromatic rings. The number of benzene rings is 1. The van der Waals surface area contributed by atoms with Gasteiger partial charge < -0.3 is 10.5 Å². The molecular weight excluding hydrogens is 319 g/mol. The van der Waals surface area contributed by atoms with Gasteiger partial charge in [0.1, 0.15) is 5.82 Å². The minimum absolute atomic E-state index is 0. The van der Waals surface area contributed by atoms with Crippen molar-refractivity contribution in [2.45, 2.75) is 29.9 Å². The van der Waals surface area contributed by atoms with E-state index in [9.17, 15) is 12.8 Å². The predicted molar refractivity (Wildman–Crippen MR) is 80.4 cm³/mol. The molecule has 1 fully saturated rings. The van der Waals surface area contributed by atoms with Crippen molar-refractivity contribution in [1.29, 1.82) is 0 Å². The molecule has 0 amide bonds. The Labute approximate surface area is 130 Å². The Balaban J connectivity index is 0.00000220. The summed E-state index contributed by atoms with van der Waals surface area (Å²) in [5.74, 6) is -0.567. The third-order valence-electron chi connectivity index (χ3n) is 3.62. The summed E-state index contributed by atoms with van der Waals surface area (Å²) in [6, 6.07) is 4.72. The maximum absolute atomic E-state index is 13.2. The van der Waals surface area contributed by atoms with Crippen LogP contribution in [-0.2, 0) is 14.8 Å². The van der Waals surface area contributed by atoms with E-state index >= 15 is 0 Å². The number of rotatable bonds is 4. The smallest absolute Gasteiger partial charge is 0.243 e. The zero-order chi connectivity index (χ0) is 14.8. The van der Waals surface area contributed by atoms with Crippen LogP contribution in [0.1, 0.15) is 12.8 Å². The fourth-order valence-corrected chi connectivity index (χ4v) is 4.19. The van der Waals surface area contributed by atoms with E-state index < -0.39 is 15.8 Å². The summed E-state index contributed by atoms with van der Waals surface area (Å²) in [5, 5.41) is 0. The second-order valence-electron chi connectivity index (χ2n) is 4.84. The van der Waals surface area contributed by atoms with Crippen LogP contribution in [0.5, 0.6) is 0 Å². The van der Waals surface area contributed by atoms with Gasteiger partial charge in [-0.25, -0.2) is 12.8 Å². The second kappa shape index (κ2) is 7.51. The first-order valence-electron chi connectivity index (χ1n) is 6.49. The Hall–Kier alpha value is -0.730. The third kappa shape index (κ3) is 3.92.